The maximum absolute atomic E-state index is 5.65. The highest BCUT2D eigenvalue weighted by Gasteiger charge is 2.31. The largest absolute Gasteiger partial charge is 0.341 e. The van der Waals surface area contributed by atoms with E-state index in [9.17, 15) is 0 Å². The zero-order valence-corrected chi connectivity index (χ0v) is 14.1. The quantitative estimate of drug-likeness (QED) is 0.821. The van der Waals surface area contributed by atoms with Crippen molar-refractivity contribution in [3.05, 3.63) is 51.7 Å². The van der Waals surface area contributed by atoms with Crippen LogP contribution in [0.3, 0.4) is 0 Å². The first kappa shape index (κ1) is 14.5. The molecule has 1 aromatic heterocycles. The number of rotatable bonds is 4. The van der Waals surface area contributed by atoms with Crippen molar-refractivity contribution in [2.75, 3.05) is 5.32 Å². The van der Waals surface area contributed by atoms with E-state index in [-0.39, 0.29) is 0 Å². The Balaban J connectivity index is 1.72. The van der Waals surface area contributed by atoms with Crippen molar-refractivity contribution in [1.82, 2.24) is 4.90 Å². The molecule has 21 heavy (non-hydrogen) atoms. The molecule has 0 spiro atoms. The Morgan fingerprint density at radius 3 is 2.57 bits per heavy atom. The Morgan fingerprint density at radius 2 is 2.00 bits per heavy atom. The summed E-state index contributed by atoms with van der Waals surface area (Å²) in [5, 5.41) is 6.39. The van der Waals surface area contributed by atoms with E-state index in [1.807, 2.05) is 0 Å². The standard InChI is InChI=1S/C17H20N2S2/c1-12-8-13(2)10-14(9-12)18-17(20)19(15-5-6-15)11-16-4-3-7-21-16/h3-4,7-10,15H,5-6,11H2,1-2H3,(H,18,20). The maximum Gasteiger partial charge on any atom is 0.174 e. The number of thiophene rings is 1. The molecule has 4 heteroatoms. The van der Waals surface area contributed by atoms with Gasteiger partial charge in [0.15, 0.2) is 5.11 Å². The minimum atomic E-state index is 0.609. The van der Waals surface area contributed by atoms with Crippen LogP contribution in [0.2, 0.25) is 0 Å². The van der Waals surface area contributed by atoms with Gasteiger partial charge in [-0.25, -0.2) is 0 Å². The topological polar surface area (TPSA) is 15.3 Å². The molecule has 1 saturated carbocycles. The van der Waals surface area contributed by atoms with E-state index in [2.05, 4.69) is 59.8 Å². The van der Waals surface area contributed by atoms with Crippen molar-refractivity contribution >= 4 is 34.4 Å². The first-order valence-electron chi connectivity index (χ1n) is 7.30. The normalized spacial score (nSPS) is 14.0. The molecule has 0 unspecified atom stereocenters. The van der Waals surface area contributed by atoms with E-state index < -0.39 is 0 Å². The Kier molecular flexibility index (Phi) is 4.27. The van der Waals surface area contributed by atoms with Crippen molar-refractivity contribution in [2.45, 2.75) is 39.3 Å². The Morgan fingerprint density at radius 1 is 1.29 bits per heavy atom. The van der Waals surface area contributed by atoms with Gasteiger partial charge in [-0.3, -0.25) is 0 Å². The molecule has 0 aliphatic heterocycles. The van der Waals surface area contributed by atoms with Gasteiger partial charge in [0.25, 0.3) is 0 Å². The van der Waals surface area contributed by atoms with Crippen LogP contribution in [0.4, 0.5) is 5.69 Å². The van der Waals surface area contributed by atoms with E-state index in [0.717, 1.165) is 17.3 Å². The van der Waals surface area contributed by atoms with Gasteiger partial charge >= 0.3 is 0 Å². The summed E-state index contributed by atoms with van der Waals surface area (Å²) >= 11 is 7.45. The van der Waals surface area contributed by atoms with Crippen LogP contribution < -0.4 is 5.32 Å². The van der Waals surface area contributed by atoms with Crippen LogP contribution in [-0.4, -0.2) is 16.1 Å². The summed E-state index contributed by atoms with van der Waals surface area (Å²) in [5.41, 5.74) is 3.61. The van der Waals surface area contributed by atoms with Crippen molar-refractivity contribution in [1.29, 1.82) is 0 Å². The second-order valence-electron chi connectivity index (χ2n) is 5.74. The van der Waals surface area contributed by atoms with Crippen molar-refractivity contribution in [3.63, 3.8) is 0 Å². The van der Waals surface area contributed by atoms with Gasteiger partial charge < -0.3 is 10.2 Å². The molecule has 1 N–H and O–H groups in total. The second kappa shape index (κ2) is 6.16. The minimum Gasteiger partial charge on any atom is -0.341 e. The van der Waals surface area contributed by atoms with E-state index in [0.29, 0.717) is 6.04 Å². The molecule has 0 atom stereocenters. The van der Waals surface area contributed by atoms with Crippen LogP contribution in [-0.2, 0) is 6.54 Å². The molecular weight excluding hydrogens is 296 g/mol. The van der Waals surface area contributed by atoms with E-state index in [1.165, 1.54) is 28.8 Å². The molecule has 1 heterocycles. The average molecular weight is 316 g/mol. The van der Waals surface area contributed by atoms with Crippen LogP contribution in [0.15, 0.2) is 35.7 Å². The van der Waals surface area contributed by atoms with Gasteiger partial charge in [0.2, 0.25) is 0 Å². The molecule has 0 amide bonds. The molecule has 3 rings (SSSR count). The zero-order chi connectivity index (χ0) is 14.8. The van der Waals surface area contributed by atoms with E-state index in [4.69, 9.17) is 12.2 Å². The number of thiocarbonyl (C=S) groups is 1. The van der Waals surface area contributed by atoms with Crippen molar-refractivity contribution in [3.8, 4) is 0 Å². The highest BCUT2D eigenvalue weighted by Crippen LogP contribution is 2.30. The number of benzene rings is 1. The van der Waals surface area contributed by atoms with E-state index in [1.54, 1.807) is 11.3 Å². The fourth-order valence-corrected chi connectivity index (χ4v) is 3.60. The number of hydrogen-bond acceptors (Lipinski definition) is 2. The highest BCUT2D eigenvalue weighted by atomic mass is 32.1. The summed E-state index contributed by atoms with van der Waals surface area (Å²) in [6.07, 6.45) is 2.50. The maximum atomic E-state index is 5.65. The number of aryl methyl sites for hydroxylation is 2. The van der Waals surface area contributed by atoms with Crippen LogP contribution in [0.25, 0.3) is 0 Å². The zero-order valence-electron chi connectivity index (χ0n) is 12.4. The third-order valence-electron chi connectivity index (χ3n) is 3.63. The summed E-state index contributed by atoms with van der Waals surface area (Å²) < 4.78 is 0. The smallest absolute Gasteiger partial charge is 0.174 e. The second-order valence-corrected chi connectivity index (χ2v) is 7.16. The molecule has 1 aromatic carbocycles. The molecule has 1 fully saturated rings. The van der Waals surface area contributed by atoms with Crippen LogP contribution in [0, 0.1) is 13.8 Å². The lowest BCUT2D eigenvalue weighted by molar-refractivity contribution is 0.413. The van der Waals surface area contributed by atoms with E-state index >= 15 is 0 Å². The third kappa shape index (κ3) is 3.83. The molecule has 2 aromatic rings. The van der Waals surface area contributed by atoms with Gasteiger partial charge in [-0.2, -0.15) is 0 Å². The van der Waals surface area contributed by atoms with Gasteiger partial charge in [-0.1, -0.05) is 12.1 Å². The lowest BCUT2D eigenvalue weighted by Crippen LogP contribution is -2.35. The number of nitrogens with zero attached hydrogens (tertiary/aromatic N) is 1. The predicted molar refractivity (Wildman–Crippen MR) is 95.0 cm³/mol. The molecule has 0 saturated heterocycles. The van der Waals surface area contributed by atoms with Gasteiger partial charge in [-0.05, 0) is 73.6 Å². The first-order valence-corrected chi connectivity index (χ1v) is 8.59. The predicted octanol–water partition coefficient (Wildman–Crippen LogP) is 4.73. The lowest BCUT2D eigenvalue weighted by atomic mass is 10.1. The molecule has 0 bridgehead atoms. The summed E-state index contributed by atoms with van der Waals surface area (Å²) in [4.78, 5) is 3.70. The van der Waals surface area contributed by atoms with Crippen molar-refractivity contribution < 1.29 is 0 Å². The van der Waals surface area contributed by atoms with Gasteiger partial charge in [-0.15, -0.1) is 11.3 Å². The van der Waals surface area contributed by atoms with Crippen LogP contribution in [0.5, 0.6) is 0 Å². The first-order chi connectivity index (χ1) is 10.1. The number of hydrogen-bond donors (Lipinski definition) is 1. The SMILES string of the molecule is Cc1cc(C)cc(NC(=S)N(Cc2cccs2)C2CC2)c1. The van der Waals surface area contributed by atoms with Crippen LogP contribution >= 0.6 is 23.6 Å². The van der Waals surface area contributed by atoms with Crippen molar-refractivity contribution in [2.24, 2.45) is 0 Å². The Bertz CT molecular complexity index is 610. The van der Waals surface area contributed by atoms with Gasteiger partial charge in [0.05, 0.1) is 6.54 Å². The molecule has 1 aliphatic carbocycles. The summed E-state index contributed by atoms with van der Waals surface area (Å²) in [6.45, 7) is 5.15. The molecular formula is C17H20N2S2. The Labute approximate surface area is 135 Å². The van der Waals surface area contributed by atoms with Gasteiger partial charge in [0, 0.05) is 16.6 Å². The summed E-state index contributed by atoms with van der Waals surface area (Å²) in [5.74, 6) is 0. The minimum absolute atomic E-state index is 0.609. The molecule has 110 valence electrons. The summed E-state index contributed by atoms with van der Waals surface area (Å²) in [7, 11) is 0. The van der Waals surface area contributed by atoms with Gasteiger partial charge in [0.1, 0.15) is 0 Å². The fraction of sp³-hybridized carbons (Fsp3) is 0.353. The van der Waals surface area contributed by atoms with Crippen LogP contribution in [0.1, 0.15) is 28.8 Å². The fourth-order valence-electron chi connectivity index (χ4n) is 2.57. The number of nitrogens with one attached hydrogen (secondary N) is 1. The molecule has 0 radical (unpaired) electrons. The molecule has 2 nitrogen and oxygen atoms in total. The average Bonchev–Trinajstić information content (AvgIpc) is 3.11. The molecule has 1 aliphatic rings. The summed E-state index contributed by atoms with van der Waals surface area (Å²) in [6, 6.07) is 11.4. The lowest BCUT2D eigenvalue weighted by Gasteiger charge is -2.25. The monoisotopic (exact) mass is 316 g/mol. The third-order valence-corrected chi connectivity index (χ3v) is 4.83. The Hall–Kier alpha value is -1.39. The number of anilines is 1. The highest BCUT2D eigenvalue weighted by molar-refractivity contribution is 7.80.